The van der Waals surface area contributed by atoms with Gasteiger partial charge in [0, 0.05) is 22.6 Å². The lowest BCUT2D eigenvalue weighted by Gasteiger charge is -2.43. The Morgan fingerprint density at radius 3 is 2.49 bits per heavy atom. The van der Waals surface area contributed by atoms with Crippen molar-refractivity contribution in [2.24, 2.45) is 29.6 Å². The third kappa shape index (κ3) is 5.77. The number of imide groups is 1. The van der Waals surface area contributed by atoms with Crippen LogP contribution in [0, 0.1) is 29.6 Å². The minimum absolute atomic E-state index is 0.0834. The van der Waals surface area contributed by atoms with E-state index in [0.717, 1.165) is 38.8 Å². The van der Waals surface area contributed by atoms with Crippen LogP contribution in [-0.4, -0.2) is 63.7 Å². The summed E-state index contributed by atoms with van der Waals surface area (Å²) in [4.78, 5) is 68.1. The van der Waals surface area contributed by atoms with Crippen LogP contribution in [0.15, 0.2) is 52.3 Å². The lowest BCUT2D eigenvalue weighted by atomic mass is 9.68. The van der Waals surface area contributed by atoms with Crippen molar-refractivity contribution in [2.75, 3.05) is 25.1 Å². The average Bonchev–Trinajstić information content (AvgIpc) is 3.78. The topological polar surface area (TPSA) is 155 Å². The van der Waals surface area contributed by atoms with Gasteiger partial charge in [0.1, 0.15) is 0 Å². The zero-order valence-electron chi connectivity index (χ0n) is 25.8. The minimum atomic E-state index is -4.66. The Balaban J connectivity index is 1.16. The molecule has 3 amide bonds. The van der Waals surface area contributed by atoms with E-state index in [1.54, 1.807) is 25.1 Å². The maximum Gasteiger partial charge on any atom is 0.418 e. The molecule has 3 heterocycles. The highest BCUT2D eigenvalue weighted by Gasteiger charge is 2.69. The van der Waals surface area contributed by atoms with Gasteiger partial charge in [-0.15, -0.1) is 11.8 Å². The van der Waals surface area contributed by atoms with E-state index >= 15 is 0 Å². The number of carbonyl (C=O) groups excluding carboxylic acids is 3. The minimum Gasteiger partial charge on any atom is -0.490 e. The number of nitrogens with zero attached hydrogens (tertiary/aromatic N) is 1. The van der Waals surface area contributed by atoms with Crippen LogP contribution < -0.4 is 19.7 Å². The van der Waals surface area contributed by atoms with Crippen LogP contribution in [0.5, 0.6) is 11.5 Å². The number of likely N-dealkylation sites (tertiary alicyclic amines) is 1. The number of H-pyrrole nitrogens is 1. The predicted molar refractivity (Wildman–Crippen MR) is 171 cm³/mol. The van der Waals surface area contributed by atoms with E-state index in [0.29, 0.717) is 11.4 Å². The van der Waals surface area contributed by atoms with Crippen molar-refractivity contribution in [1.29, 1.82) is 0 Å². The van der Waals surface area contributed by atoms with Crippen LogP contribution in [0.4, 0.5) is 18.9 Å². The number of thiazole rings is 1. The van der Waals surface area contributed by atoms with Crippen molar-refractivity contribution in [1.82, 2.24) is 9.88 Å². The molecule has 49 heavy (non-hydrogen) atoms. The summed E-state index contributed by atoms with van der Waals surface area (Å²) in [6.45, 7) is 1.23. The van der Waals surface area contributed by atoms with Gasteiger partial charge in [-0.1, -0.05) is 29.5 Å². The number of rotatable bonds is 10. The quantitative estimate of drug-likeness (QED) is 0.251. The van der Waals surface area contributed by atoms with Gasteiger partial charge >= 0.3 is 17.0 Å². The number of benzene rings is 2. The van der Waals surface area contributed by atoms with E-state index in [-0.39, 0.29) is 76.7 Å². The number of alkyl halides is 3. The summed E-state index contributed by atoms with van der Waals surface area (Å²) < 4.78 is 51.8. The van der Waals surface area contributed by atoms with Crippen LogP contribution >= 0.6 is 23.1 Å². The summed E-state index contributed by atoms with van der Waals surface area (Å²) in [5.74, 6) is -3.95. The molecule has 1 aromatic heterocycles. The second-order valence-corrected chi connectivity index (χ2v) is 14.7. The van der Waals surface area contributed by atoms with Crippen molar-refractivity contribution in [3.8, 4) is 11.5 Å². The summed E-state index contributed by atoms with van der Waals surface area (Å²) >= 11 is 2.61. The van der Waals surface area contributed by atoms with Gasteiger partial charge in [-0.2, -0.15) is 13.2 Å². The molecule has 1 saturated heterocycles. The molecular weight excluding hydrogens is 688 g/mol. The van der Waals surface area contributed by atoms with E-state index in [9.17, 15) is 42.3 Å². The molecule has 16 heteroatoms. The molecule has 2 aliphatic carbocycles. The Labute approximate surface area is 285 Å². The molecule has 2 aromatic carbocycles. The molecule has 2 aliphatic heterocycles. The molecule has 6 unspecified atom stereocenters. The first-order valence-corrected chi connectivity index (χ1v) is 17.4. The Morgan fingerprint density at radius 2 is 1.78 bits per heavy atom. The molecule has 2 bridgehead atoms. The van der Waals surface area contributed by atoms with Crippen LogP contribution in [0.3, 0.4) is 0 Å². The molecule has 11 nitrogen and oxygen atoms in total. The third-order valence-electron chi connectivity index (χ3n) is 9.86. The Hall–Kier alpha value is -4.31. The van der Waals surface area contributed by atoms with Crippen molar-refractivity contribution in [3.63, 3.8) is 0 Å². The Bertz CT molecular complexity index is 1910. The van der Waals surface area contributed by atoms with E-state index < -0.39 is 47.7 Å². The van der Waals surface area contributed by atoms with E-state index in [1.807, 2.05) is 0 Å². The number of aromatic amines is 1. The largest absolute Gasteiger partial charge is 0.490 e. The molecular formula is C33H30F3N3O8S2. The fraction of sp³-hybridized carbons (Fsp3) is 0.424. The molecule has 4 aliphatic rings. The average molecular weight is 718 g/mol. The first-order chi connectivity index (χ1) is 23.4. The van der Waals surface area contributed by atoms with Crippen LogP contribution in [0.25, 0.3) is 0 Å². The number of carboxylic acids is 1. The molecule has 3 N–H and O–H groups in total. The fourth-order valence-electron chi connectivity index (χ4n) is 8.15. The van der Waals surface area contributed by atoms with E-state index in [1.165, 1.54) is 23.9 Å². The number of hydrogen-bond acceptors (Lipinski definition) is 9. The standard InChI is InChI=1S/C33H30F3N3O8S2/c1-2-46-20-11-14(7-8-19(20)47-13-21(40)37-18-6-4-3-5-17(18)33(34,35)36)23-24-15-12-16(27(24)48-29-28(23)49-32(45)38-29)26-25(15)30(43)39(31(26)44)10-9-22(41)42/h3-8,11,15-16,23-27H,2,9-10,12-13H2,1H3,(H,37,40)(H,38,45)(H,41,42)/t15?,16?,23-,24?,25?,26?,27?/m1/s1. The number of thioether (sulfide) groups is 1. The van der Waals surface area contributed by atoms with Crippen LogP contribution in [-0.2, 0) is 25.4 Å². The molecule has 0 spiro atoms. The maximum absolute atomic E-state index is 13.6. The number of amides is 3. The highest BCUT2D eigenvalue weighted by Crippen LogP contribution is 2.68. The van der Waals surface area contributed by atoms with Crippen LogP contribution in [0.2, 0.25) is 0 Å². The monoisotopic (exact) mass is 717 g/mol. The van der Waals surface area contributed by atoms with Gasteiger partial charge in [-0.3, -0.25) is 28.9 Å². The second-order valence-electron chi connectivity index (χ2n) is 12.5. The zero-order valence-corrected chi connectivity index (χ0v) is 27.5. The van der Waals surface area contributed by atoms with Gasteiger partial charge in [-0.25, -0.2) is 0 Å². The van der Waals surface area contributed by atoms with Gasteiger partial charge in [0.2, 0.25) is 11.8 Å². The normalized spacial score (nSPS) is 26.7. The number of carbonyl (C=O) groups is 4. The number of fused-ring (bicyclic) bond motifs is 9. The lowest BCUT2D eigenvalue weighted by molar-refractivity contribution is -0.143. The molecule has 3 aromatic rings. The Kier molecular flexibility index (Phi) is 8.49. The van der Waals surface area contributed by atoms with Gasteiger partial charge in [-0.05, 0) is 60.9 Å². The van der Waals surface area contributed by atoms with Crippen molar-refractivity contribution >= 4 is 52.5 Å². The first kappa shape index (κ1) is 33.2. The summed E-state index contributed by atoms with van der Waals surface area (Å²) in [5.41, 5.74) is -0.605. The third-order valence-corrected chi connectivity index (χ3v) is 12.4. The SMILES string of the molecule is CCOc1cc([C@H]2c3sc(=O)[nH]c3SC3C4CC(C5C(=O)N(CCC(=O)O)C(=O)C45)C32)ccc1OCC(=O)Nc1ccccc1C(F)(F)F. The summed E-state index contributed by atoms with van der Waals surface area (Å²) in [5, 5.41) is 12.1. The number of aliphatic carboxylic acids is 1. The second kappa shape index (κ2) is 12.5. The number of anilines is 1. The van der Waals surface area contributed by atoms with E-state index in [4.69, 9.17) is 9.47 Å². The smallest absolute Gasteiger partial charge is 0.418 e. The van der Waals surface area contributed by atoms with Crippen molar-refractivity contribution in [2.45, 2.75) is 42.1 Å². The molecule has 2 saturated carbocycles. The van der Waals surface area contributed by atoms with Gasteiger partial charge in [0.05, 0.1) is 41.1 Å². The van der Waals surface area contributed by atoms with Gasteiger partial charge in [0.25, 0.3) is 5.91 Å². The first-order valence-electron chi connectivity index (χ1n) is 15.7. The number of ether oxygens (including phenoxy) is 2. The number of carboxylic acid groups (broad SMARTS) is 1. The Morgan fingerprint density at radius 1 is 1.04 bits per heavy atom. The van der Waals surface area contributed by atoms with Gasteiger partial charge in [0.15, 0.2) is 18.1 Å². The maximum atomic E-state index is 13.6. The summed E-state index contributed by atoms with van der Waals surface area (Å²) in [7, 11) is 0. The molecule has 3 fully saturated rings. The fourth-order valence-corrected chi connectivity index (χ4v) is 11.0. The summed E-state index contributed by atoms with van der Waals surface area (Å²) in [6.07, 6.45) is -4.33. The highest BCUT2D eigenvalue weighted by atomic mass is 32.2. The number of hydrogen-bond donors (Lipinski definition) is 3. The summed E-state index contributed by atoms with van der Waals surface area (Å²) in [6, 6.07) is 9.78. The molecule has 258 valence electrons. The van der Waals surface area contributed by atoms with Crippen LogP contribution in [0.1, 0.15) is 41.7 Å². The van der Waals surface area contributed by atoms with Gasteiger partial charge < -0.3 is 24.9 Å². The number of halogens is 3. The van der Waals surface area contributed by atoms with Crippen molar-refractivity contribution in [3.05, 3.63) is 68.1 Å². The highest BCUT2D eigenvalue weighted by molar-refractivity contribution is 8.00. The molecule has 7 rings (SSSR count). The molecule has 0 radical (unpaired) electrons. The number of nitrogens with one attached hydrogen (secondary N) is 2. The predicted octanol–water partition coefficient (Wildman–Crippen LogP) is 4.82. The van der Waals surface area contributed by atoms with E-state index in [2.05, 4.69) is 10.3 Å². The lowest BCUT2D eigenvalue weighted by Crippen LogP contribution is -2.42. The molecule has 7 atom stereocenters. The zero-order chi connectivity index (χ0) is 34.8. The number of aromatic nitrogens is 1. The van der Waals surface area contributed by atoms with Crippen molar-refractivity contribution < 1.29 is 46.9 Å². The number of para-hydroxylation sites is 1.